The number of methoxy groups -OCH3 is 2. The van der Waals surface area contributed by atoms with Gasteiger partial charge in [0.1, 0.15) is 11.3 Å². The molecule has 1 aliphatic rings. The standard InChI is InChI=1S/C20H25FN6O3/c1-4-5-12(22)10-15(28)26-6-8-27(9-7-26)20-24-17-13(19(23)25-20)11-14(29-2)18(30-3)16(17)21/h1,11-12H,5-10,22H2,2-3H3,(H2,23,24,25)/t12-/m0/s1. The Bertz CT molecular complexity index is 985. The number of hydrogen-bond donors (Lipinski definition) is 2. The normalized spacial score (nSPS) is 15.0. The number of terminal acetylenes is 1. The highest BCUT2D eigenvalue weighted by atomic mass is 19.1. The average Bonchev–Trinajstić information content (AvgIpc) is 2.74. The molecule has 2 aromatic rings. The van der Waals surface area contributed by atoms with Crippen LogP contribution in [0.4, 0.5) is 16.2 Å². The predicted molar refractivity (Wildman–Crippen MR) is 112 cm³/mol. The molecule has 1 fully saturated rings. The number of rotatable bonds is 6. The lowest BCUT2D eigenvalue weighted by Crippen LogP contribution is -2.50. The fraction of sp³-hybridized carbons (Fsp3) is 0.450. The van der Waals surface area contributed by atoms with Crippen LogP contribution in [0.3, 0.4) is 0 Å². The summed E-state index contributed by atoms with van der Waals surface area (Å²) in [4.78, 5) is 24.6. The molecule has 0 aliphatic carbocycles. The van der Waals surface area contributed by atoms with Gasteiger partial charge in [-0.2, -0.15) is 4.98 Å². The van der Waals surface area contributed by atoms with Crippen LogP contribution >= 0.6 is 0 Å². The van der Waals surface area contributed by atoms with Gasteiger partial charge < -0.3 is 30.7 Å². The van der Waals surface area contributed by atoms with Crippen LogP contribution in [-0.2, 0) is 4.79 Å². The minimum Gasteiger partial charge on any atom is -0.493 e. The van der Waals surface area contributed by atoms with Gasteiger partial charge in [0, 0.05) is 50.4 Å². The molecule has 0 radical (unpaired) electrons. The summed E-state index contributed by atoms with van der Waals surface area (Å²) in [5.41, 5.74) is 12.0. The number of amides is 1. The number of aromatic nitrogens is 2. The highest BCUT2D eigenvalue weighted by Gasteiger charge is 2.25. The van der Waals surface area contributed by atoms with Crippen molar-refractivity contribution < 1.29 is 18.7 Å². The molecule has 1 aliphatic heterocycles. The molecule has 2 heterocycles. The maximum absolute atomic E-state index is 14.9. The van der Waals surface area contributed by atoms with Gasteiger partial charge in [-0.1, -0.05) is 0 Å². The van der Waals surface area contributed by atoms with Gasteiger partial charge in [-0.25, -0.2) is 9.37 Å². The number of benzene rings is 1. The summed E-state index contributed by atoms with van der Waals surface area (Å²) in [6.07, 6.45) is 5.80. The van der Waals surface area contributed by atoms with E-state index in [1.807, 2.05) is 4.90 Å². The van der Waals surface area contributed by atoms with E-state index in [4.69, 9.17) is 27.4 Å². The second-order valence-electron chi connectivity index (χ2n) is 6.97. The quantitative estimate of drug-likeness (QED) is 0.663. The van der Waals surface area contributed by atoms with Crippen molar-refractivity contribution in [3.05, 3.63) is 11.9 Å². The molecular weight excluding hydrogens is 391 g/mol. The molecule has 0 spiro atoms. The highest BCUT2D eigenvalue weighted by molar-refractivity contribution is 5.92. The third kappa shape index (κ3) is 4.16. The zero-order valence-corrected chi connectivity index (χ0v) is 17.0. The Kier molecular flexibility index (Phi) is 6.42. The summed E-state index contributed by atoms with van der Waals surface area (Å²) < 4.78 is 25.2. The number of anilines is 2. The van der Waals surface area contributed by atoms with Gasteiger partial charge in [-0.3, -0.25) is 4.79 Å². The van der Waals surface area contributed by atoms with E-state index in [2.05, 4.69) is 15.9 Å². The van der Waals surface area contributed by atoms with Crippen LogP contribution in [0.25, 0.3) is 10.9 Å². The fourth-order valence-corrected chi connectivity index (χ4v) is 3.41. The van der Waals surface area contributed by atoms with Crippen LogP contribution in [0.2, 0.25) is 0 Å². The van der Waals surface area contributed by atoms with E-state index in [-0.39, 0.29) is 41.2 Å². The summed E-state index contributed by atoms with van der Waals surface area (Å²) in [5, 5.41) is 0.338. The largest absolute Gasteiger partial charge is 0.493 e. The summed E-state index contributed by atoms with van der Waals surface area (Å²) >= 11 is 0. The highest BCUT2D eigenvalue weighted by Crippen LogP contribution is 2.37. The number of nitrogens with two attached hydrogens (primary N) is 2. The molecular formula is C20H25FN6O3. The zero-order chi connectivity index (χ0) is 21.8. The van der Waals surface area contributed by atoms with E-state index >= 15 is 0 Å². The van der Waals surface area contributed by atoms with E-state index in [0.29, 0.717) is 43.9 Å². The van der Waals surface area contributed by atoms with E-state index < -0.39 is 5.82 Å². The molecule has 0 unspecified atom stereocenters. The Balaban J connectivity index is 1.79. The van der Waals surface area contributed by atoms with Crippen LogP contribution in [0, 0.1) is 18.2 Å². The average molecular weight is 416 g/mol. The van der Waals surface area contributed by atoms with Crippen molar-refractivity contribution >= 4 is 28.6 Å². The molecule has 4 N–H and O–H groups in total. The third-order valence-electron chi connectivity index (χ3n) is 5.03. The fourth-order valence-electron chi connectivity index (χ4n) is 3.41. The summed E-state index contributed by atoms with van der Waals surface area (Å²) in [6.45, 7) is 1.90. The molecule has 30 heavy (non-hydrogen) atoms. The van der Waals surface area contributed by atoms with E-state index in [0.717, 1.165) is 0 Å². The van der Waals surface area contributed by atoms with Crippen molar-refractivity contribution in [1.82, 2.24) is 14.9 Å². The number of carbonyl (C=O) groups is 1. The lowest BCUT2D eigenvalue weighted by molar-refractivity contribution is -0.131. The van der Waals surface area contributed by atoms with E-state index in [1.165, 1.54) is 14.2 Å². The molecule has 160 valence electrons. The van der Waals surface area contributed by atoms with Gasteiger partial charge >= 0.3 is 0 Å². The summed E-state index contributed by atoms with van der Waals surface area (Å²) in [5.74, 6) is 2.34. The molecule has 0 saturated carbocycles. The second-order valence-corrected chi connectivity index (χ2v) is 6.97. The minimum atomic E-state index is -0.668. The number of halogens is 1. The topological polar surface area (TPSA) is 120 Å². The molecule has 0 bridgehead atoms. The smallest absolute Gasteiger partial charge is 0.228 e. The molecule has 1 aromatic carbocycles. The third-order valence-corrected chi connectivity index (χ3v) is 5.03. The summed E-state index contributed by atoms with van der Waals surface area (Å²) in [6, 6.07) is 1.20. The van der Waals surface area contributed by atoms with Gasteiger partial charge in [0.05, 0.1) is 14.2 Å². The number of carbonyl (C=O) groups excluding carboxylic acids is 1. The van der Waals surface area contributed by atoms with Crippen LogP contribution in [-0.4, -0.2) is 67.2 Å². The Morgan fingerprint density at radius 3 is 2.60 bits per heavy atom. The lowest BCUT2D eigenvalue weighted by Gasteiger charge is -2.35. The van der Waals surface area contributed by atoms with Crippen LogP contribution in [0.15, 0.2) is 6.07 Å². The predicted octanol–water partition coefficient (Wildman–Crippen LogP) is 0.758. The molecule has 1 atom stereocenters. The van der Waals surface area contributed by atoms with Crippen molar-refractivity contribution in [3.8, 4) is 23.8 Å². The van der Waals surface area contributed by atoms with Crippen LogP contribution < -0.4 is 25.8 Å². The number of fused-ring (bicyclic) bond motifs is 1. The number of nitrogen functional groups attached to an aromatic ring is 1. The summed E-state index contributed by atoms with van der Waals surface area (Å²) in [7, 11) is 2.76. The van der Waals surface area contributed by atoms with Gasteiger partial charge in [-0.05, 0) is 6.07 Å². The van der Waals surface area contributed by atoms with Crippen molar-refractivity contribution in [1.29, 1.82) is 0 Å². The second kappa shape index (κ2) is 9.00. The molecule has 1 saturated heterocycles. The Morgan fingerprint density at radius 1 is 1.30 bits per heavy atom. The van der Waals surface area contributed by atoms with E-state index in [9.17, 15) is 9.18 Å². The first-order valence-corrected chi connectivity index (χ1v) is 9.49. The SMILES string of the molecule is C#CC[C@H](N)CC(=O)N1CCN(c2nc(N)c3cc(OC)c(OC)c(F)c3n2)CC1. The van der Waals surface area contributed by atoms with Gasteiger partial charge in [0.2, 0.25) is 11.9 Å². The van der Waals surface area contributed by atoms with Gasteiger partial charge in [0.25, 0.3) is 0 Å². The molecule has 9 nitrogen and oxygen atoms in total. The Morgan fingerprint density at radius 2 is 2.00 bits per heavy atom. The monoisotopic (exact) mass is 416 g/mol. The zero-order valence-electron chi connectivity index (χ0n) is 17.0. The number of hydrogen-bond acceptors (Lipinski definition) is 8. The van der Waals surface area contributed by atoms with Crippen molar-refractivity contribution in [2.75, 3.05) is 51.0 Å². The van der Waals surface area contributed by atoms with Gasteiger partial charge in [-0.15, -0.1) is 12.3 Å². The first kappa shape index (κ1) is 21.4. The lowest BCUT2D eigenvalue weighted by atomic mass is 10.1. The molecule has 1 aromatic heterocycles. The Hall–Kier alpha value is -3.32. The maximum Gasteiger partial charge on any atom is 0.228 e. The molecule has 10 heteroatoms. The molecule has 1 amide bonds. The van der Waals surface area contributed by atoms with Crippen molar-refractivity contribution in [2.45, 2.75) is 18.9 Å². The number of nitrogens with zero attached hydrogens (tertiary/aromatic N) is 4. The first-order chi connectivity index (χ1) is 14.4. The van der Waals surface area contributed by atoms with Crippen LogP contribution in [0.1, 0.15) is 12.8 Å². The van der Waals surface area contributed by atoms with Crippen molar-refractivity contribution in [2.24, 2.45) is 5.73 Å². The first-order valence-electron chi connectivity index (χ1n) is 9.49. The van der Waals surface area contributed by atoms with Crippen LogP contribution in [0.5, 0.6) is 11.5 Å². The number of piperazine rings is 1. The van der Waals surface area contributed by atoms with E-state index in [1.54, 1.807) is 11.0 Å². The Labute approximate surface area is 174 Å². The molecule has 3 rings (SSSR count). The minimum absolute atomic E-state index is 0.0424. The number of ether oxygens (including phenoxy) is 2. The van der Waals surface area contributed by atoms with Gasteiger partial charge in [0.15, 0.2) is 17.3 Å². The maximum atomic E-state index is 14.9. The van der Waals surface area contributed by atoms with Crippen molar-refractivity contribution in [3.63, 3.8) is 0 Å².